The van der Waals surface area contributed by atoms with Gasteiger partial charge < -0.3 is 0 Å². The first-order chi connectivity index (χ1) is 15.6. The summed E-state index contributed by atoms with van der Waals surface area (Å²) in [5.74, 6) is 5.41. The van der Waals surface area contributed by atoms with Crippen molar-refractivity contribution in [3.63, 3.8) is 0 Å². The van der Waals surface area contributed by atoms with Gasteiger partial charge >= 0.3 is 0 Å². The van der Waals surface area contributed by atoms with E-state index in [1.54, 1.807) is 6.07 Å². The fourth-order valence-electron chi connectivity index (χ4n) is 6.00. The second-order valence-corrected chi connectivity index (χ2v) is 10.5. The van der Waals surface area contributed by atoms with Gasteiger partial charge in [0.25, 0.3) is 0 Å². The minimum Gasteiger partial charge on any atom is -0.204 e. The van der Waals surface area contributed by atoms with E-state index in [4.69, 9.17) is 18.0 Å². The first-order valence-corrected chi connectivity index (χ1v) is 13.0. The van der Waals surface area contributed by atoms with Crippen molar-refractivity contribution in [2.75, 3.05) is 0 Å². The lowest BCUT2D eigenvalue weighted by molar-refractivity contribution is 0.227. The Balaban J connectivity index is 1.28. The summed E-state index contributed by atoms with van der Waals surface area (Å²) in [6.45, 7) is 2.35. The quantitative estimate of drug-likeness (QED) is 0.384. The molecule has 0 unspecified atom stereocenters. The van der Waals surface area contributed by atoms with Crippen LogP contribution in [0.2, 0.25) is 5.02 Å². The summed E-state index contributed by atoms with van der Waals surface area (Å²) in [5.41, 5.74) is 3.25. The number of rotatable bonds is 6. The summed E-state index contributed by atoms with van der Waals surface area (Å²) in [7, 11) is 0. The van der Waals surface area contributed by atoms with E-state index in [0.717, 1.165) is 23.3 Å². The zero-order valence-electron chi connectivity index (χ0n) is 19.4. The van der Waals surface area contributed by atoms with Gasteiger partial charge in [0.1, 0.15) is 0 Å². The van der Waals surface area contributed by atoms with Gasteiger partial charge in [0.15, 0.2) is 5.82 Å². The van der Waals surface area contributed by atoms with E-state index in [1.807, 2.05) is 6.07 Å². The van der Waals surface area contributed by atoms with Crippen LogP contribution >= 0.6 is 11.6 Å². The van der Waals surface area contributed by atoms with Gasteiger partial charge in [0, 0.05) is 5.56 Å². The molecule has 0 bridgehead atoms. The number of hydrogen-bond donors (Lipinski definition) is 0. The Bertz CT molecular complexity index is 923. The van der Waals surface area contributed by atoms with E-state index < -0.39 is 5.82 Å². The molecule has 2 heteroatoms. The van der Waals surface area contributed by atoms with Crippen LogP contribution in [0.4, 0.5) is 4.39 Å². The molecule has 0 saturated heterocycles. The standard InChI is InChI=1S/C30H36ClF/c1-3-21-5-7-22(8-6-21)9-10-23-11-13-25(14-12-23)26-15-17-27(18-16-26)28-20-19-24(4-2)30(32)29(28)31/h2,15-23,25H,3,5-14H2,1H3. The van der Waals surface area contributed by atoms with Crippen LogP contribution in [0.1, 0.15) is 94.6 Å². The lowest BCUT2D eigenvalue weighted by Gasteiger charge is -2.32. The van der Waals surface area contributed by atoms with Crippen LogP contribution < -0.4 is 0 Å². The Morgan fingerprint density at radius 1 is 0.844 bits per heavy atom. The number of hydrogen-bond acceptors (Lipinski definition) is 0. The van der Waals surface area contributed by atoms with E-state index in [0.29, 0.717) is 11.5 Å². The monoisotopic (exact) mass is 450 g/mol. The molecule has 32 heavy (non-hydrogen) atoms. The minimum atomic E-state index is -0.507. The molecule has 2 fully saturated rings. The predicted molar refractivity (Wildman–Crippen MR) is 134 cm³/mol. The molecule has 0 spiro atoms. The van der Waals surface area contributed by atoms with Gasteiger partial charge in [-0.1, -0.05) is 99.7 Å². The molecule has 0 aromatic heterocycles. The van der Waals surface area contributed by atoms with E-state index in [-0.39, 0.29) is 10.6 Å². The van der Waals surface area contributed by atoms with Crippen molar-refractivity contribution in [2.45, 2.75) is 83.5 Å². The number of terminal acetylenes is 1. The average molecular weight is 451 g/mol. The third-order valence-corrected chi connectivity index (χ3v) is 8.67. The van der Waals surface area contributed by atoms with Crippen molar-refractivity contribution in [3.05, 3.63) is 58.4 Å². The Kier molecular flexibility index (Phi) is 7.96. The van der Waals surface area contributed by atoms with Crippen LogP contribution in [0.15, 0.2) is 36.4 Å². The highest BCUT2D eigenvalue weighted by molar-refractivity contribution is 6.33. The third-order valence-electron chi connectivity index (χ3n) is 8.30. The molecule has 0 atom stereocenters. The molecule has 0 nitrogen and oxygen atoms in total. The van der Waals surface area contributed by atoms with Gasteiger partial charge in [-0.15, -0.1) is 6.42 Å². The second kappa shape index (κ2) is 10.9. The van der Waals surface area contributed by atoms with E-state index in [1.165, 1.54) is 76.2 Å². The highest BCUT2D eigenvalue weighted by atomic mass is 35.5. The Labute approximate surface area is 199 Å². The summed E-state index contributed by atoms with van der Waals surface area (Å²) >= 11 is 6.25. The van der Waals surface area contributed by atoms with Crippen molar-refractivity contribution in [2.24, 2.45) is 17.8 Å². The van der Waals surface area contributed by atoms with Gasteiger partial charge in [-0.3, -0.25) is 0 Å². The van der Waals surface area contributed by atoms with E-state index in [2.05, 4.69) is 37.1 Å². The van der Waals surface area contributed by atoms with Gasteiger partial charge in [0.2, 0.25) is 0 Å². The maximum Gasteiger partial charge on any atom is 0.158 e. The highest BCUT2D eigenvalue weighted by Gasteiger charge is 2.25. The Morgan fingerprint density at radius 3 is 1.97 bits per heavy atom. The predicted octanol–water partition coefficient (Wildman–Crippen LogP) is 9.40. The fourth-order valence-corrected chi connectivity index (χ4v) is 6.28. The fraction of sp³-hybridized carbons (Fsp3) is 0.533. The van der Waals surface area contributed by atoms with Crippen LogP contribution in [0, 0.1) is 35.9 Å². The Hall–Kier alpha value is -1.78. The molecule has 0 N–H and O–H groups in total. The van der Waals surface area contributed by atoms with Gasteiger partial charge in [-0.25, -0.2) is 4.39 Å². The normalized spacial score (nSPS) is 25.9. The summed E-state index contributed by atoms with van der Waals surface area (Å²) in [5, 5.41) is 0.108. The number of benzene rings is 2. The van der Waals surface area contributed by atoms with E-state index >= 15 is 0 Å². The smallest absolute Gasteiger partial charge is 0.158 e. The van der Waals surface area contributed by atoms with Crippen LogP contribution in [-0.4, -0.2) is 0 Å². The molecule has 0 amide bonds. The first kappa shape index (κ1) is 23.4. The lowest BCUT2D eigenvalue weighted by atomic mass is 9.74. The molecule has 0 aliphatic heterocycles. The lowest BCUT2D eigenvalue weighted by Crippen LogP contribution is -2.17. The molecule has 2 saturated carbocycles. The van der Waals surface area contributed by atoms with Crippen LogP contribution in [0.25, 0.3) is 11.1 Å². The van der Waals surface area contributed by atoms with Crippen LogP contribution in [0.5, 0.6) is 0 Å². The van der Waals surface area contributed by atoms with Crippen molar-refractivity contribution in [1.29, 1.82) is 0 Å². The van der Waals surface area contributed by atoms with Crippen molar-refractivity contribution in [3.8, 4) is 23.5 Å². The Morgan fingerprint density at radius 2 is 1.41 bits per heavy atom. The zero-order valence-corrected chi connectivity index (χ0v) is 20.1. The summed E-state index contributed by atoms with van der Waals surface area (Å²) in [6, 6.07) is 12.0. The zero-order chi connectivity index (χ0) is 22.5. The summed E-state index contributed by atoms with van der Waals surface area (Å²) in [4.78, 5) is 0. The molecule has 0 heterocycles. The van der Waals surface area contributed by atoms with Gasteiger partial charge in [-0.2, -0.15) is 0 Å². The topological polar surface area (TPSA) is 0 Å². The maximum atomic E-state index is 14.3. The van der Waals surface area contributed by atoms with E-state index in [9.17, 15) is 4.39 Å². The molecule has 0 radical (unpaired) electrons. The molecule has 2 aromatic carbocycles. The maximum absolute atomic E-state index is 14.3. The molecule has 4 rings (SSSR count). The highest BCUT2D eigenvalue weighted by Crippen LogP contribution is 2.41. The average Bonchev–Trinajstić information content (AvgIpc) is 2.85. The van der Waals surface area contributed by atoms with Crippen LogP contribution in [0.3, 0.4) is 0 Å². The van der Waals surface area contributed by atoms with Gasteiger partial charge in [-0.05, 0) is 66.5 Å². The second-order valence-electron chi connectivity index (χ2n) is 10.1. The third kappa shape index (κ3) is 5.40. The molecule has 2 aliphatic rings. The first-order valence-electron chi connectivity index (χ1n) is 12.6. The molecular weight excluding hydrogens is 415 g/mol. The largest absolute Gasteiger partial charge is 0.204 e. The number of halogens is 2. The van der Waals surface area contributed by atoms with Crippen molar-refractivity contribution in [1.82, 2.24) is 0 Å². The van der Waals surface area contributed by atoms with Crippen molar-refractivity contribution >= 4 is 11.6 Å². The van der Waals surface area contributed by atoms with Gasteiger partial charge in [0.05, 0.1) is 10.6 Å². The molecule has 170 valence electrons. The van der Waals surface area contributed by atoms with Crippen molar-refractivity contribution < 1.29 is 4.39 Å². The molecule has 2 aliphatic carbocycles. The molecule has 2 aromatic rings. The minimum absolute atomic E-state index is 0.108. The summed E-state index contributed by atoms with van der Waals surface area (Å²) < 4.78 is 14.3. The van der Waals surface area contributed by atoms with Crippen LogP contribution in [-0.2, 0) is 0 Å². The SMILES string of the molecule is C#Cc1ccc(-c2ccc(C3CCC(CCC4CCC(CC)CC4)CC3)cc2)c(Cl)c1F. The molecular formula is C30H36ClF. The summed E-state index contributed by atoms with van der Waals surface area (Å²) in [6.07, 6.45) is 20.8.